The zero-order chi connectivity index (χ0) is 17.8. The summed E-state index contributed by atoms with van der Waals surface area (Å²) in [4.78, 5) is 14.8. The molecule has 1 aliphatic rings. The molecule has 1 aliphatic heterocycles. The van der Waals surface area contributed by atoms with Crippen molar-refractivity contribution < 1.29 is 9.53 Å². The average molecular weight is 359 g/mol. The molecule has 5 heteroatoms. The number of amides is 1. The van der Waals surface area contributed by atoms with Crippen molar-refractivity contribution in [1.82, 2.24) is 4.90 Å². The molecular weight excluding hydrogens is 336 g/mol. The molecule has 132 valence electrons. The van der Waals surface area contributed by atoms with E-state index in [1.54, 1.807) is 18.2 Å². The van der Waals surface area contributed by atoms with Crippen molar-refractivity contribution in [3.8, 4) is 5.75 Å². The zero-order valence-electron chi connectivity index (χ0n) is 14.5. The lowest BCUT2D eigenvalue weighted by molar-refractivity contribution is 0.0785. The normalized spacial score (nSPS) is 17.0. The zero-order valence-corrected chi connectivity index (χ0v) is 15.3. The van der Waals surface area contributed by atoms with Gasteiger partial charge in [0.05, 0.1) is 11.7 Å². The molecule has 2 aromatic carbocycles. The molecule has 1 atom stereocenters. The lowest BCUT2D eigenvalue weighted by Crippen LogP contribution is -2.32. The molecule has 0 saturated carbocycles. The highest BCUT2D eigenvalue weighted by Crippen LogP contribution is 2.27. The number of carbonyl (C=O) groups excluding carboxylic acids is 1. The van der Waals surface area contributed by atoms with E-state index in [0.717, 1.165) is 18.7 Å². The van der Waals surface area contributed by atoms with Crippen LogP contribution in [-0.4, -0.2) is 36.0 Å². The molecule has 1 N–H and O–H groups in total. The Kier molecular flexibility index (Phi) is 5.49. The van der Waals surface area contributed by atoms with Crippen LogP contribution in [0.2, 0.25) is 5.02 Å². The Morgan fingerprint density at radius 3 is 2.72 bits per heavy atom. The highest BCUT2D eigenvalue weighted by Gasteiger charge is 2.28. The van der Waals surface area contributed by atoms with Crippen LogP contribution in [0.15, 0.2) is 48.5 Å². The van der Waals surface area contributed by atoms with Crippen LogP contribution in [-0.2, 0) is 0 Å². The third kappa shape index (κ3) is 4.45. The summed E-state index contributed by atoms with van der Waals surface area (Å²) in [6.07, 6.45) is 0.917. The first-order chi connectivity index (χ1) is 12.0. The number of hydrogen-bond acceptors (Lipinski definition) is 3. The molecule has 1 unspecified atom stereocenters. The van der Waals surface area contributed by atoms with Crippen molar-refractivity contribution >= 4 is 23.2 Å². The molecule has 0 aromatic heterocycles. The fourth-order valence-electron chi connectivity index (χ4n) is 3.03. The molecule has 0 aliphatic carbocycles. The van der Waals surface area contributed by atoms with Gasteiger partial charge in [0, 0.05) is 29.8 Å². The third-order valence-electron chi connectivity index (χ3n) is 4.15. The number of likely N-dealkylation sites (tertiary alicyclic amines) is 1. The molecule has 4 nitrogen and oxygen atoms in total. The van der Waals surface area contributed by atoms with Crippen LogP contribution in [0.3, 0.4) is 0 Å². The summed E-state index contributed by atoms with van der Waals surface area (Å²) in [5, 5.41) is 4.02. The van der Waals surface area contributed by atoms with E-state index in [0.29, 0.717) is 22.9 Å². The maximum absolute atomic E-state index is 13.0. The van der Waals surface area contributed by atoms with Crippen LogP contribution >= 0.6 is 11.6 Å². The first-order valence-corrected chi connectivity index (χ1v) is 8.98. The molecule has 0 radical (unpaired) electrons. The number of ether oxygens (including phenoxy) is 1. The smallest absolute Gasteiger partial charge is 0.257 e. The quantitative estimate of drug-likeness (QED) is 0.858. The largest absolute Gasteiger partial charge is 0.490 e. The van der Waals surface area contributed by atoms with Gasteiger partial charge < -0.3 is 15.0 Å². The van der Waals surface area contributed by atoms with Gasteiger partial charge in [0.25, 0.3) is 5.91 Å². The first-order valence-electron chi connectivity index (χ1n) is 8.60. The Hall–Kier alpha value is -2.20. The highest BCUT2D eigenvalue weighted by molar-refractivity contribution is 6.31. The predicted octanol–water partition coefficient (Wildman–Crippen LogP) is 4.45. The van der Waals surface area contributed by atoms with Gasteiger partial charge in [-0.1, -0.05) is 29.8 Å². The number of rotatable bonds is 5. The number of benzene rings is 2. The van der Waals surface area contributed by atoms with Crippen LogP contribution in [0.1, 0.15) is 30.6 Å². The van der Waals surface area contributed by atoms with Gasteiger partial charge in [-0.2, -0.15) is 0 Å². The van der Waals surface area contributed by atoms with E-state index in [4.69, 9.17) is 16.3 Å². The van der Waals surface area contributed by atoms with Gasteiger partial charge in [-0.15, -0.1) is 0 Å². The van der Waals surface area contributed by atoms with Crippen LogP contribution in [0.25, 0.3) is 0 Å². The second-order valence-corrected chi connectivity index (χ2v) is 6.99. The summed E-state index contributed by atoms with van der Waals surface area (Å²) in [5.74, 6) is 0.555. The molecule has 0 bridgehead atoms. The number of nitrogens with one attached hydrogen (secondary N) is 1. The fraction of sp³-hybridized carbons (Fsp3) is 0.350. The summed E-state index contributed by atoms with van der Waals surface area (Å²) < 4.78 is 5.78. The minimum atomic E-state index is -0.0319. The van der Waals surface area contributed by atoms with Crippen LogP contribution in [0, 0.1) is 0 Å². The van der Waals surface area contributed by atoms with Gasteiger partial charge in [-0.05, 0) is 50.6 Å². The lowest BCUT2D eigenvalue weighted by atomic mass is 10.1. The fourth-order valence-corrected chi connectivity index (χ4v) is 3.20. The van der Waals surface area contributed by atoms with Crippen molar-refractivity contribution in [2.75, 3.05) is 18.4 Å². The molecule has 1 saturated heterocycles. The molecule has 3 rings (SSSR count). The summed E-state index contributed by atoms with van der Waals surface area (Å²) in [7, 11) is 0. The van der Waals surface area contributed by atoms with Crippen molar-refractivity contribution in [3.05, 3.63) is 59.1 Å². The first kappa shape index (κ1) is 17.6. The standard InChI is InChI=1S/C20H23ClN2O2/c1-14(2)25-19-9-8-15(21)12-18(19)20(24)23-11-10-17(13-23)22-16-6-4-3-5-7-16/h3-9,12,14,17,22H,10-11,13H2,1-2H3. The molecular formula is C20H23ClN2O2. The topological polar surface area (TPSA) is 41.6 Å². The Morgan fingerprint density at radius 1 is 1.24 bits per heavy atom. The second kappa shape index (κ2) is 7.79. The second-order valence-electron chi connectivity index (χ2n) is 6.55. The Morgan fingerprint density at radius 2 is 2.00 bits per heavy atom. The number of halogens is 1. The predicted molar refractivity (Wildman–Crippen MR) is 102 cm³/mol. The number of nitrogens with zero attached hydrogens (tertiary/aromatic N) is 1. The molecule has 0 spiro atoms. The minimum absolute atomic E-state index is 0.00111. The van der Waals surface area contributed by atoms with Crippen molar-refractivity contribution in [1.29, 1.82) is 0 Å². The third-order valence-corrected chi connectivity index (χ3v) is 4.39. The van der Waals surface area contributed by atoms with Crippen molar-refractivity contribution in [2.45, 2.75) is 32.4 Å². The number of anilines is 1. The lowest BCUT2D eigenvalue weighted by Gasteiger charge is -2.20. The monoisotopic (exact) mass is 358 g/mol. The van der Waals surface area contributed by atoms with E-state index in [-0.39, 0.29) is 18.1 Å². The SMILES string of the molecule is CC(C)Oc1ccc(Cl)cc1C(=O)N1CCC(Nc2ccccc2)C1. The van der Waals surface area contributed by atoms with Crippen molar-refractivity contribution in [2.24, 2.45) is 0 Å². The van der Waals surface area contributed by atoms with E-state index in [1.807, 2.05) is 49.1 Å². The number of carbonyl (C=O) groups is 1. The van der Waals surface area contributed by atoms with Gasteiger partial charge in [0.2, 0.25) is 0 Å². The van der Waals surface area contributed by atoms with Gasteiger partial charge >= 0.3 is 0 Å². The minimum Gasteiger partial charge on any atom is -0.490 e. The molecule has 2 aromatic rings. The van der Waals surface area contributed by atoms with E-state index < -0.39 is 0 Å². The number of hydrogen-bond donors (Lipinski definition) is 1. The van der Waals surface area contributed by atoms with E-state index in [2.05, 4.69) is 5.32 Å². The average Bonchev–Trinajstić information content (AvgIpc) is 3.05. The van der Waals surface area contributed by atoms with Crippen molar-refractivity contribution in [3.63, 3.8) is 0 Å². The van der Waals surface area contributed by atoms with Crippen LogP contribution in [0.5, 0.6) is 5.75 Å². The maximum Gasteiger partial charge on any atom is 0.257 e. The Labute approximate surface area is 153 Å². The highest BCUT2D eigenvalue weighted by atomic mass is 35.5. The summed E-state index contributed by atoms with van der Waals surface area (Å²) >= 11 is 6.10. The Bertz CT molecular complexity index is 734. The number of para-hydroxylation sites is 1. The van der Waals surface area contributed by atoms with E-state index >= 15 is 0 Å². The van der Waals surface area contributed by atoms with E-state index in [9.17, 15) is 4.79 Å². The molecule has 1 fully saturated rings. The molecule has 1 heterocycles. The van der Waals surface area contributed by atoms with E-state index in [1.165, 1.54) is 0 Å². The van der Waals surface area contributed by atoms with Gasteiger partial charge in [0.15, 0.2) is 0 Å². The van der Waals surface area contributed by atoms with Crippen LogP contribution < -0.4 is 10.1 Å². The van der Waals surface area contributed by atoms with Crippen LogP contribution in [0.4, 0.5) is 5.69 Å². The molecule has 25 heavy (non-hydrogen) atoms. The van der Waals surface area contributed by atoms with Gasteiger partial charge in [-0.25, -0.2) is 0 Å². The summed E-state index contributed by atoms with van der Waals surface area (Å²) in [6.45, 7) is 5.27. The Balaban J connectivity index is 1.71. The molecule has 1 amide bonds. The van der Waals surface area contributed by atoms with Gasteiger partial charge in [0.1, 0.15) is 5.75 Å². The maximum atomic E-state index is 13.0. The summed E-state index contributed by atoms with van der Waals surface area (Å²) in [6, 6.07) is 15.5. The van der Waals surface area contributed by atoms with Gasteiger partial charge in [-0.3, -0.25) is 4.79 Å². The summed E-state index contributed by atoms with van der Waals surface area (Å²) in [5.41, 5.74) is 1.61.